The van der Waals surface area contributed by atoms with E-state index in [1.165, 1.54) is 11.1 Å². The average Bonchev–Trinajstić information content (AvgIpc) is 2.56. The third-order valence-electron chi connectivity index (χ3n) is 3.40. The summed E-state index contributed by atoms with van der Waals surface area (Å²) in [5.41, 5.74) is 6.57. The zero-order chi connectivity index (χ0) is 13.4. The van der Waals surface area contributed by atoms with E-state index in [1.54, 1.807) is 6.92 Å². The second-order valence-electron chi connectivity index (χ2n) is 4.97. The van der Waals surface area contributed by atoms with Crippen LogP contribution in [0.3, 0.4) is 0 Å². The van der Waals surface area contributed by atoms with Gasteiger partial charge in [-0.15, -0.1) is 0 Å². The Labute approximate surface area is 108 Å². The Balaban J connectivity index is 2.68. The Hall–Kier alpha value is -1.83. The molecular weight excluding hydrogens is 222 g/mol. The minimum atomic E-state index is 0.124. The van der Waals surface area contributed by atoms with E-state index in [2.05, 4.69) is 36.6 Å². The first-order valence-corrected chi connectivity index (χ1v) is 6.19. The van der Waals surface area contributed by atoms with E-state index in [1.807, 2.05) is 19.9 Å². The quantitative estimate of drug-likeness (QED) is 0.730. The number of nitrogens with zero attached hydrogens (tertiary/aromatic N) is 1. The van der Waals surface area contributed by atoms with Gasteiger partial charge >= 0.3 is 0 Å². The van der Waals surface area contributed by atoms with Crippen LogP contribution in [0.5, 0.6) is 0 Å². The first-order chi connectivity index (χ1) is 8.41. The fourth-order valence-corrected chi connectivity index (χ4v) is 2.55. The summed E-state index contributed by atoms with van der Waals surface area (Å²) in [5, 5.41) is 0. The highest BCUT2D eigenvalue weighted by molar-refractivity contribution is 5.95. The molecule has 2 rings (SSSR count). The van der Waals surface area contributed by atoms with Crippen LogP contribution in [0.4, 0.5) is 0 Å². The van der Waals surface area contributed by atoms with E-state index in [0.717, 1.165) is 22.6 Å². The third-order valence-corrected chi connectivity index (χ3v) is 3.40. The molecule has 0 radical (unpaired) electrons. The summed E-state index contributed by atoms with van der Waals surface area (Å²) in [6.07, 6.45) is 0. The van der Waals surface area contributed by atoms with Crippen molar-refractivity contribution in [3.8, 4) is 5.69 Å². The Bertz CT molecular complexity index is 620. The van der Waals surface area contributed by atoms with E-state index < -0.39 is 0 Å². The number of aromatic nitrogens is 1. The number of carbonyl (C=O) groups excluding carboxylic acids is 1. The number of ketones is 1. The lowest BCUT2D eigenvalue weighted by Gasteiger charge is -2.13. The van der Waals surface area contributed by atoms with Crippen LogP contribution in [0, 0.1) is 27.7 Å². The first-order valence-electron chi connectivity index (χ1n) is 6.19. The summed E-state index contributed by atoms with van der Waals surface area (Å²) >= 11 is 0. The minimum absolute atomic E-state index is 0.124. The molecule has 1 aromatic carbocycles. The Morgan fingerprint density at radius 2 is 1.72 bits per heavy atom. The topological polar surface area (TPSA) is 22.0 Å². The highest BCUT2D eigenvalue weighted by Crippen LogP contribution is 2.24. The van der Waals surface area contributed by atoms with E-state index in [9.17, 15) is 4.79 Å². The summed E-state index contributed by atoms with van der Waals surface area (Å²) < 4.78 is 2.16. The maximum atomic E-state index is 11.6. The summed E-state index contributed by atoms with van der Waals surface area (Å²) in [4.78, 5) is 11.6. The number of Topliss-reactive ketones (excluding diaryl/α,β-unsaturated/α-hetero) is 1. The smallest absolute Gasteiger partial charge is 0.161 e. The lowest BCUT2D eigenvalue weighted by Crippen LogP contribution is -2.03. The van der Waals surface area contributed by atoms with E-state index in [4.69, 9.17) is 0 Å². The molecule has 0 spiro atoms. The predicted octanol–water partition coefficient (Wildman–Crippen LogP) is 3.91. The zero-order valence-corrected chi connectivity index (χ0v) is 11.7. The molecule has 0 amide bonds. The van der Waals surface area contributed by atoms with Crippen LogP contribution < -0.4 is 0 Å². The fourth-order valence-electron chi connectivity index (χ4n) is 2.55. The van der Waals surface area contributed by atoms with Gasteiger partial charge in [-0.05, 0) is 52.3 Å². The Morgan fingerprint density at radius 3 is 2.22 bits per heavy atom. The van der Waals surface area contributed by atoms with Gasteiger partial charge in [-0.3, -0.25) is 4.79 Å². The maximum Gasteiger partial charge on any atom is 0.161 e. The molecule has 0 aliphatic carbocycles. The number of aryl methyl sites for hydroxylation is 3. The van der Waals surface area contributed by atoms with Crippen LogP contribution >= 0.6 is 0 Å². The first kappa shape index (κ1) is 12.6. The molecule has 1 heterocycles. The van der Waals surface area contributed by atoms with Crippen LogP contribution in [-0.4, -0.2) is 10.4 Å². The van der Waals surface area contributed by atoms with Gasteiger partial charge in [-0.2, -0.15) is 0 Å². The fraction of sp³-hybridized carbons (Fsp3) is 0.312. The van der Waals surface area contributed by atoms with Crippen molar-refractivity contribution in [1.29, 1.82) is 0 Å². The SMILES string of the molecule is CC(=O)c1cc(C)n(-c2ccc(C)cc2C)c1C. The van der Waals surface area contributed by atoms with Crippen LogP contribution in [0.15, 0.2) is 24.3 Å². The van der Waals surface area contributed by atoms with Crippen LogP contribution in [0.25, 0.3) is 5.69 Å². The van der Waals surface area contributed by atoms with Gasteiger partial charge in [-0.1, -0.05) is 17.7 Å². The zero-order valence-electron chi connectivity index (χ0n) is 11.7. The van der Waals surface area contributed by atoms with Gasteiger partial charge in [0.2, 0.25) is 0 Å². The monoisotopic (exact) mass is 241 g/mol. The van der Waals surface area contributed by atoms with Gasteiger partial charge in [0.05, 0.1) is 0 Å². The van der Waals surface area contributed by atoms with Crippen molar-refractivity contribution in [2.75, 3.05) is 0 Å². The molecule has 0 N–H and O–H groups in total. The molecule has 0 aliphatic heterocycles. The molecular formula is C16H19NO. The number of hydrogen-bond acceptors (Lipinski definition) is 1. The van der Waals surface area contributed by atoms with Crippen LogP contribution in [-0.2, 0) is 0 Å². The molecule has 2 heteroatoms. The second kappa shape index (κ2) is 4.45. The van der Waals surface area contributed by atoms with Gasteiger partial charge in [-0.25, -0.2) is 0 Å². The largest absolute Gasteiger partial charge is 0.318 e. The van der Waals surface area contributed by atoms with E-state index in [0.29, 0.717) is 0 Å². The second-order valence-corrected chi connectivity index (χ2v) is 4.97. The van der Waals surface area contributed by atoms with Gasteiger partial charge in [0.25, 0.3) is 0 Å². The van der Waals surface area contributed by atoms with Crippen molar-refractivity contribution in [2.45, 2.75) is 34.6 Å². The molecule has 0 bridgehead atoms. The van der Waals surface area contributed by atoms with Crippen molar-refractivity contribution in [3.63, 3.8) is 0 Å². The predicted molar refractivity (Wildman–Crippen MR) is 74.7 cm³/mol. The summed E-state index contributed by atoms with van der Waals surface area (Å²) in [6.45, 7) is 9.86. The molecule has 0 saturated carbocycles. The normalized spacial score (nSPS) is 10.7. The van der Waals surface area contributed by atoms with Crippen molar-refractivity contribution >= 4 is 5.78 Å². The molecule has 18 heavy (non-hydrogen) atoms. The molecule has 2 aromatic rings. The number of carbonyl (C=O) groups is 1. The Kier molecular flexibility index (Phi) is 3.12. The molecule has 1 aromatic heterocycles. The highest BCUT2D eigenvalue weighted by Gasteiger charge is 2.14. The Morgan fingerprint density at radius 1 is 1.06 bits per heavy atom. The lowest BCUT2D eigenvalue weighted by molar-refractivity contribution is 0.101. The summed E-state index contributed by atoms with van der Waals surface area (Å²) in [5.74, 6) is 0.124. The van der Waals surface area contributed by atoms with Crippen molar-refractivity contribution in [3.05, 3.63) is 52.3 Å². The van der Waals surface area contributed by atoms with Crippen LogP contribution in [0.1, 0.15) is 39.8 Å². The maximum absolute atomic E-state index is 11.6. The molecule has 0 unspecified atom stereocenters. The molecule has 2 nitrogen and oxygen atoms in total. The van der Waals surface area contributed by atoms with E-state index in [-0.39, 0.29) is 5.78 Å². The van der Waals surface area contributed by atoms with Crippen molar-refractivity contribution < 1.29 is 4.79 Å². The molecule has 0 fully saturated rings. The number of rotatable bonds is 2. The number of hydrogen-bond donors (Lipinski definition) is 0. The number of benzene rings is 1. The highest BCUT2D eigenvalue weighted by atomic mass is 16.1. The van der Waals surface area contributed by atoms with Crippen LogP contribution in [0.2, 0.25) is 0 Å². The lowest BCUT2D eigenvalue weighted by atomic mass is 10.1. The molecule has 0 atom stereocenters. The third kappa shape index (κ3) is 1.99. The summed E-state index contributed by atoms with van der Waals surface area (Å²) in [6, 6.07) is 8.36. The van der Waals surface area contributed by atoms with Crippen molar-refractivity contribution in [1.82, 2.24) is 4.57 Å². The molecule has 0 aliphatic rings. The van der Waals surface area contributed by atoms with Gasteiger partial charge in [0.1, 0.15) is 0 Å². The molecule has 94 valence electrons. The summed E-state index contributed by atoms with van der Waals surface area (Å²) in [7, 11) is 0. The van der Waals surface area contributed by atoms with Crippen molar-refractivity contribution in [2.24, 2.45) is 0 Å². The van der Waals surface area contributed by atoms with Gasteiger partial charge in [0, 0.05) is 22.6 Å². The van der Waals surface area contributed by atoms with Gasteiger partial charge < -0.3 is 4.57 Å². The standard InChI is InChI=1S/C16H19NO/c1-10-6-7-16(11(2)8-10)17-12(3)9-15(13(17)4)14(5)18/h6-9H,1-5H3. The van der Waals surface area contributed by atoms with Gasteiger partial charge in [0.15, 0.2) is 5.78 Å². The minimum Gasteiger partial charge on any atom is -0.318 e. The van der Waals surface area contributed by atoms with E-state index >= 15 is 0 Å². The average molecular weight is 241 g/mol. The molecule has 0 saturated heterocycles.